The Kier molecular flexibility index (Phi) is 4.90. The molecule has 0 saturated heterocycles. The van der Waals surface area contributed by atoms with Gasteiger partial charge >= 0.3 is 6.03 Å². The van der Waals surface area contributed by atoms with Crippen molar-refractivity contribution in [1.82, 2.24) is 10.6 Å². The Bertz CT molecular complexity index is 679. The van der Waals surface area contributed by atoms with Crippen LogP contribution >= 0.6 is 0 Å². The summed E-state index contributed by atoms with van der Waals surface area (Å²) in [5.41, 5.74) is 1.82. The highest BCUT2D eigenvalue weighted by atomic mass is 32.2. The second kappa shape index (κ2) is 6.91. The van der Waals surface area contributed by atoms with Crippen molar-refractivity contribution in [3.63, 3.8) is 0 Å². The summed E-state index contributed by atoms with van der Waals surface area (Å²) in [6.07, 6.45) is 7.21. The average Bonchev–Trinajstić information content (AvgIpc) is 2.53. The molecule has 0 radical (unpaired) electrons. The predicted octanol–water partition coefficient (Wildman–Crippen LogP) is 2.54. The van der Waals surface area contributed by atoms with Crippen LogP contribution in [0.4, 0.5) is 4.79 Å². The number of sulfone groups is 1. The average molecular weight is 336 g/mol. The van der Waals surface area contributed by atoms with E-state index in [2.05, 4.69) is 10.6 Å². The number of benzene rings is 1. The van der Waals surface area contributed by atoms with Gasteiger partial charge in [-0.15, -0.1) is 0 Å². The van der Waals surface area contributed by atoms with Crippen LogP contribution in [0.3, 0.4) is 0 Å². The van der Waals surface area contributed by atoms with E-state index in [4.69, 9.17) is 0 Å². The van der Waals surface area contributed by atoms with Crippen LogP contribution in [0.1, 0.15) is 49.7 Å². The van der Waals surface area contributed by atoms with Gasteiger partial charge in [0.05, 0.1) is 10.6 Å². The van der Waals surface area contributed by atoms with E-state index >= 15 is 0 Å². The normalized spacial score (nSPS) is 20.5. The summed E-state index contributed by atoms with van der Waals surface area (Å²) in [6, 6.07) is 5.54. The van der Waals surface area contributed by atoms with Crippen LogP contribution < -0.4 is 10.6 Å². The summed E-state index contributed by atoms with van der Waals surface area (Å²) in [7, 11) is -3.11. The molecule has 1 aliphatic carbocycles. The van der Waals surface area contributed by atoms with Gasteiger partial charge in [-0.1, -0.05) is 31.4 Å². The molecule has 1 aliphatic heterocycles. The zero-order chi connectivity index (χ0) is 16.3. The highest BCUT2D eigenvalue weighted by Crippen LogP contribution is 2.25. The minimum absolute atomic E-state index is 0.137. The fourth-order valence-electron chi connectivity index (χ4n) is 3.47. The second-order valence-electron chi connectivity index (χ2n) is 6.53. The van der Waals surface area contributed by atoms with Crippen LogP contribution in [-0.4, -0.2) is 26.2 Å². The first-order valence-corrected chi connectivity index (χ1v) is 10.1. The molecule has 6 heteroatoms. The first-order chi connectivity index (χ1) is 11.0. The molecular formula is C17H24N2O3S. The first kappa shape index (κ1) is 16.3. The fraction of sp³-hybridized carbons (Fsp3) is 0.588. The van der Waals surface area contributed by atoms with E-state index in [0.717, 1.165) is 30.4 Å². The topological polar surface area (TPSA) is 75.3 Å². The van der Waals surface area contributed by atoms with Crippen LogP contribution in [-0.2, 0) is 22.8 Å². The third-order valence-corrected chi connectivity index (χ3v) is 6.61. The molecule has 0 aromatic heterocycles. The quantitative estimate of drug-likeness (QED) is 0.891. The zero-order valence-electron chi connectivity index (χ0n) is 13.3. The van der Waals surface area contributed by atoms with Crippen LogP contribution in [0, 0.1) is 0 Å². The molecule has 3 rings (SSSR count). The summed E-state index contributed by atoms with van der Waals surface area (Å²) in [4.78, 5) is 12.4. The smallest absolute Gasteiger partial charge is 0.315 e. The van der Waals surface area contributed by atoms with Gasteiger partial charge < -0.3 is 10.6 Å². The lowest BCUT2D eigenvalue weighted by Crippen LogP contribution is -2.42. The number of fused-ring (bicyclic) bond motifs is 1. The van der Waals surface area contributed by atoms with Crippen molar-refractivity contribution in [3.05, 3.63) is 29.3 Å². The molecule has 23 heavy (non-hydrogen) atoms. The number of aryl methyl sites for hydroxylation is 1. The Labute approximate surface area is 137 Å². The Morgan fingerprint density at radius 1 is 1.13 bits per heavy atom. The molecule has 0 atom stereocenters. The Morgan fingerprint density at radius 3 is 2.70 bits per heavy atom. The van der Waals surface area contributed by atoms with Gasteiger partial charge in [0.25, 0.3) is 0 Å². The van der Waals surface area contributed by atoms with Crippen molar-refractivity contribution in [3.8, 4) is 0 Å². The standard InChI is InChI=1S/C17H24N2O3S/c20-17(19-15-6-2-1-3-7-15)18-12-13-8-9-16-14(11-13)5-4-10-23(16,21)22/h8-9,11,15H,1-7,10,12H2,(H2,18,19,20). The molecule has 5 nitrogen and oxygen atoms in total. The van der Waals surface area contributed by atoms with Gasteiger partial charge in [0.2, 0.25) is 0 Å². The van der Waals surface area contributed by atoms with Gasteiger partial charge in [-0.2, -0.15) is 0 Å². The molecule has 1 aromatic rings. The van der Waals surface area contributed by atoms with Crippen LogP contribution in [0.5, 0.6) is 0 Å². The van der Waals surface area contributed by atoms with E-state index in [1.807, 2.05) is 6.07 Å². The number of carbonyl (C=O) groups excluding carboxylic acids is 1. The highest BCUT2D eigenvalue weighted by Gasteiger charge is 2.23. The molecule has 1 saturated carbocycles. The lowest BCUT2D eigenvalue weighted by atomic mass is 9.96. The molecule has 0 unspecified atom stereocenters. The largest absolute Gasteiger partial charge is 0.335 e. The summed E-state index contributed by atoms with van der Waals surface area (Å²) >= 11 is 0. The minimum atomic E-state index is -3.11. The van der Waals surface area contributed by atoms with E-state index in [0.29, 0.717) is 17.9 Å². The molecule has 1 aromatic carbocycles. The molecule has 126 valence electrons. The Hall–Kier alpha value is -1.56. The monoisotopic (exact) mass is 336 g/mol. The number of hydrogen-bond acceptors (Lipinski definition) is 3. The molecule has 1 fully saturated rings. The van der Waals surface area contributed by atoms with Gasteiger partial charge in [-0.3, -0.25) is 0 Å². The minimum Gasteiger partial charge on any atom is -0.335 e. The number of rotatable bonds is 3. The van der Waals surface area contributed by atoms with Crippen molar-refractivity contribution in [2.45, 2.75) is 62.4 Å². The van der Waals surface area contributed by atoms with E-state index in [9.17, 15) is 13.2 Å². The van der Waals surface area contributed by atoms with Gasteiger partial charge in [0, 0.05) is 12.6 Å². The Balaban J connectivity index is 1.57. The summed E-state index contributed by atoms with van der Waals surface area (Å²) in [5.74, 6) is 0.237. The number of hydrogen-bond donors (Lipinski definition) is 2. The fourth-order valence-corrected chi connectivity index (χ4v) is 5.05. The lowest BCUT2D eigenvalue weighted by molar-refractivity contribution is 0.232. The van der Waals surface area contributed by atoms with E-state index in [-0.39, 0.29) is 17.8 Å². The van der Waals surface area contributed by atoms with Gasteiger partial charge in [0.1, 0.15) is 0 Å². The van der Waals surface area contributed by atoms with Crippen LogP contribution in [0.2, 0.25) is 0 Å². The SMILES string of the molecule is O=C(NCc1ccc2c(c1)CCCS2(=O)=O)NC1CCCCC1. The first-order valence-electron chi connectivity index (χ1n) is 8.43. The van der Waals surface area contributed by atoms with Crippen molar-refractivity contribution in [2.75, 3.05) is 5.75 Å². The molecule has 2 N–H and O–H groups in total. The summed E-state index contributed by atoms with van der Waals surface area (Å²) < 4.78 is 24.0. The predicted molar refractivity (Wildman–Crippen MR) is 89.1 cm³/mol. The van der Waals surface area contributed by atoms with Crippen molar-refractivity contribution in [1.29, 1.82) is 0 Å². The number of urea groups is 1. The van der Waals surface area contributed by atoms with Gasteiger partial charge in [-0.05, 0) is 42.9 Å². The maximum absolute atomic E-state index is 12.0. The van der Waals surface area contributed by atoms with Gasteiger partial charge in [0.15, 0.2) is 9.84 Å². The summed E-state index contributed by atoms with van der Waals surface area (Å²) in [6.45, 7) is 0.423. The van der Waals surface area contributed by atoms with Gasteiger partial charge in [-0.25, -0.2) is 13.2 Å². The maximum Gasteiger partial charge on any atom is 0.315 e. The molecule has 1 heterocycles. The second-order valence-corrected chi connectivity index (χ2v) is 8.60. The molecule has 2 amide bonds. The van der Waals surface area contributed by atoms with E-state index in [1.165, 1.54) is 19.3 Å². The zero-order valence-corrected chi connectivity index (χ0v) is 14.1. The number of amides is 2. The highest BCUT2D eigenvalue weighted by molar-refractivity contribution is 7.91. The Morgan fingerprint density at radius 2 is 1.91 bits per heavy atom. The van der Waals surface area contributed by atoms with E-state index in [1.54, 1.807) is 12.1 Å². The third kappa shape index (κ3) is 4.05. The molecule has 0 spiro atoms. The molecular weight excluding hydrogens is 312 g/mol. The van der Waals surface area contributed by atoms with Crippen molar-refractivity contribution < 1.29 is 13.2 Å². The maximum atomic E-state index is 12.0. The summed E-state index contributed by atoms with van der Waals surface area (Å²) in [5, 5.41) is 5.89. The number of carbonyl (C=O) groups is 1. The third-order valence-electron chi connectivity index (χ3n) is 4.71. The van der Waals surface area contributed by atoms with Crippen LogP contribution in [0.25, 0.3) is 0 Å². The number of nitrogens with one attached hydrogen (secondary N) is 2. The lowest BCUT2D eigenvalue weighted by Gasteiger charge is -2.23. The van der Waals surface area contributed by atoms with Crippen molar-refractivity contribution >= 4 is 15.9 Å². The van der Waals surface area contributed by atoms with E-state index < -0.39 is 9.84 Å². The van der Waals surface area contributed by atoms with Crippen LogP contribution in [0.15, 0.2) is 23.1 Å². The molecule has 2 aliphatic rings. The molecule has 0 bridgehead atoms. The van der Waals surface area contributed by atoms with Crippen molar-refractivity contribution in [2.24, 2.45) is 0 Å².